The molecule has 6 nitrogen and oxygen atoms in total. The Morgan fingerprint density at radius 1 is 1.57 bits per heavy atom. The van der Waals surface area contributed by atoms with Crippen molar-refractivity contribution >= 4 is 5.91 Å². The Morgan fingerprint density at radius 3 is 3.17 bits per heavy atom. The number of hydrogen-bond acceptors (Lipinski definition) is 5. The Hall–Kier alpha value is -2.88. The van der Waals surface area contributed by atoms with Crippen LogP contribution in [0, 0.1) is 24.1 Å². The normalized spacial score (nSPS) is 16.1. The minimum atomic E-state index is -0.444. The molecule has 23 heavy (non-hydrogen) atoms. The molecular formula is C16H14FN3O3. The van der Waals surface area contributed by atoms with E-state index in [1.54, 1.807) is 19.1 Å². The van der Waals surface area contributed by atoms with Gasteiger partial charge >= 0.3 is 0 Å². The molecule has 1 aliphatic heterocycles. The van der Waals surface area contributed by atoms with Gasteiger partial charge in [-0.3, -0.25) is 4.79 Å². The highest BCUT2D eigenvalue weighted by Gasteiger charge is 2.26. The third-order valence-electron chi connectivity index (χ3n) is 3.73. The number of aromatic nitrogens is 1. The lowest BCUT2D eigenvalue weighted by Gasteiger charge is -2.26. The predicted molar refractivity (Wildman–Crippen MR) is 77.1 cm³/mol. The number of para-hydroxylation sites is 1. The van der Waals surface area contributed by atoms with Crippen molar-refractivity contribution in [1.29, 1.82) is 5.26 Å². The first-order valence-electron chi connectivity index (χ1n) is 7.16. The minimum absolute atomic E-state index is 0.0672. The van der Waals surface area contributed by atoms with Crippen molar-refractivity contribution in [3.05, 3.63) is 46.6 Å². The van der Waals surface area contributed by atoms with Crippen LogP contribution in [0.2, 0.25) is 0 Å². The zero-order valence-electron chi connectivity index (χ0n) is 12.4. The van der Waals surface area contributed by atoms with Crippen LogP contribution in [0.1, 0.15) is 35.0 Å². The number of aryl methyl sites for hydroxylation is 1. The van der Waals surface area contributed by atoms with Crippen LogP contribution in [0.5, 0.6) is 5.75 Å². The molecule has 0 spiro atoms. The average molecular weight is 315 g/mol. The van der Waals surface area contributed by atoms with Crippen molar-refractivity contribution in [3.8, 4) is 11.8 Å². The van der Waals surface area contributed by atoms with E-state index in [9.17, 15) is 9.18 Å². The van der Waals surface area contributed by atoms with E-state index in [-0.39, 0.29) is 29.7 Å². The molecule has 0 fully saturated rings. The van der Waals surface area contributed by atoms with Crippen LogP contribution in [0.25, 0.3) is 0 Å². The lowest BCUT2D eigenvalue weighted by molar-refractivity contribution is -0.121. The van der Waals surface area contributed by atoms with Crippen LogP contribution in [0.4, 0.5) is 4.39 Å². The monoisotopic (exact) mass is 315 g/mol. The Balaban J connectivity index is 1.75. The van der Waals surface area contributed by atoms with E-state index in [1.165, 1.54) is 6.07 Å². The van der Waals surface area contributed by atoms with Crippen LogP contribution in [0.3, 0.4) is 0 Å². The van der Waals surface area contributed by atoms with Gasteiger partial charge in [0.05, 0.1) is 19.1 Å². The van der Waals surface area contributed by atoms with Gasteiger partial charge in [0.2, 0.25) is 5.91 Å². The van der Waals surface area contributed by atoms with Gasteiger partial charge in [0.1, 0.15) is 17.3 Å². The van der Waals surface area contributed by atoms with Crippen molar-refractivity contribution in [2.45, 2.75) is 25.8 Å². The average Bonchev–Trinajstić information content (AvgIpc) is 2.88. The highest BCUT2D eigenvalue weighted by molar-refractivity contribution is 5.79. The summed E-state index contributed by atoms with van der Waals surface area (Å²) in [4.78, 5) is 12.2. The third-order valence-corrected chi connectivity index (χ3v) is 3.73. The minimum Gasteiger partial charge on any atom is -0.490 e. The zero-order chi connectivity index (χ0) is 16.4. The second-order valence-corrected chi connectivity index (χ2v) is 5.26. The summed E-state index contributed by atoms with van der Waals surface area (Å²) in [5.41, 5.74) is 1.19. The summed E-state index contributed by atoms with van der Waals surface area (Å²) in [5.74, 6) is -0.190. The topological polar surface area (TPSA) is 88.2 Å². The number of rotatable bonds is 3. The number of nitriles is 1. The maximum absolute atomic E-state index is 13.7. The summed E-state index contributed by atoms with van der Waals surface area (Å²) in [6.45, 7) is 1.94. The van der Waals surface area contributed by atoms with Gasteiger partial charge < -0.3 is 14.6 Å². The van der Waals surface area contributed by atoms with Crippen molar-refractivity contribution in [1.82, 2.24) is 10.5 Å². The van der Waals surface area contributed by atoms with Crippen molar-refractivity contribution in [3.63, 3.8) is 0 Å². The molecule has 0 radical (unpaired) electrons. The van der Waals surface area contributed by atoms with Gasteiger partial charge in [0, 0.05) is 12.0 Å². The first-order chi connectivity index (χ1) is 11.1. The summed E-state index contributed by atoms with van der Waals surface area (Å²) in [5, 5.41) is 15.6. The summed E-state index contributed by atoms with van der Waals surface area (Å²) < 4.78 is 24.0. The summed E-state index contributed by atoms with van der Waals surface area (Å²) in [6, 6.07) is 6.26. The molecule has 2 heterocycles. The number of nitrogens with one attached hydrogen (secondary N) is 1. The molecule has 1 aliphatic rings. The third kappa shape index (κ3) is 2.88. The second-order valence-electron chi connectivity index (χ2n) is 5.26. The highest BCUT2D eigenvalue weighted by Crippen LogP contribution is 2.34. The molecule has 0 saturated heterocycles. The van der Waals surface area contributed by atoms with Gasteiger partial charge in [-0.1, -0.05) is 17.3 Å². The van der Waals surface area contributed by atoms with E-state index < -0.39 is 5.82 Å². The number of carbonyl (C=O) groups excluding carboxylic acids is 1. The predicted octanol–water partition coefficient (Wildman–Crippen LogP) is 2.18. The highest BCUT2D eigenvalue weighted by atomic mass is 19.1. The number of ether oxygens (including phenoxy) is 1. The largest absolute Gasteiger partial charge is 0.490 e. The maximum Gasteiger partial charge on any atom is 0.226 e. The van der Waals surface area contributed by atoms with E-state index in [0.29, 0.717) is 30.0 Å². The number of benzene rings is 1. The Morgan fingerprint density at radius 2 is 2.39 bits per heavy atom. The summed E-state index contributed by atoms with van der Waals surface area (Å²) >= 11 is 0. The lowest BCUT2D eigenvalue weighted by Crippen LogP contribution is -2.33. The molecule has 0 aliphatic carbocycles. The van der Waals surface area contributed by atoms with E-state index >= 15 is 0 Å². The number of amides is 1. The molecule has 7 heteroatoms. The molecule has 0 saturated carbocycles. The molecule has 0 bridgehead atoms. The number of nitrogens with zero attached hydrogens (tertiary/aromatic N) is 2. The Bertz CT molecular complexity index is 794. The molecule has 1 aromatic heterocycles. The lowest BCUT2D eigenvalue weighted by atomic mass is 10.00. The van der Waals surface area contributed by atoms with Crippen LogP contribution >= 0.6 is 0 Å². The van der Waals surface area contributed by atoms with E-state index in [4.69, 9.17) is 14.5 Å². The zero-order valence-corrected chi connectivity index (χ0v) is 12.4. The molecule has 1 N–H and O–H groups in total. The van der Waals surface area contributed by atoms with Gasteiger partial charge in [0.25, 0.3) is 0 Å². The van der Waals surface area contributed by atoms with Crippen molar-refractivity contribution < 1.29 is 18.4 Å². The number of fused-ring (bicyclic) bond motifs is 1. The van der Waals surface area contributed by atoms with Gasteiger partial charge in [-0.15, -0.1) is 0 Å². The molecule has 1 unspecified atom stereocenters. The van der Waals surface area contributed by atoms with Gasteiger partial charge in [-0.2, -0.15) is 5.26 Å². The van der Waals surface area contributed by atoms with Crippen LogP contribution in [-0.2, 0) is 11.2 Å². The fourth-order valence-electron chi connectivity index (χ4n) is 2.62. The molecule has 1 amide bonds. The molecule has 118 valence electrons. The molecular weight excluding hydrogens is 301 g/mol. The van der Waals surface area contributed by atoms with Crippen LogP contribution in [0.15, 0.2) is 22.7 Å². The SMILES string of the molecule is Cc1onc(CC(=O)NC2CCOc3c(F)cccc32)c1C#N. The molecule has 1 aromatic carbocycles. The first kappa shape index (κ1) is 15.0. The Labute approximate surface area is 131 Å². The van der Waals surface area contributed by atoms with Gasteiger partial charge in [-0.25, -0.2) is 4.39 Å². The number of hydrogen-bond donors (Lipinski definition) is 1. The van der Waals surface area contributed by atoms with Gasteiger partial charge in [-0.05, 0) is 13.0 Å². The standard InChI is InChI=1S/C16H14FN3O3/c1-9-11(8-18)14(20-23-9)7-15(21)19-13-5-6-22-16-10(13)3-2-4-12(16)17/h2-4,13H,5-7H2,1H3,(H,19,21). The van der Waals surface area contributed by atoms with E-state index in [1.807, 2.05) is 6.07 Å². The number of carbonyl (C=O) groups is 1. The quantitative estimate of drug-likeness (QED) is 0.938. The van der Waals surface area contributed by atoms with Crippen molar-refractivity contribution in [2.24, 2.45) is 0 Å². The molecule has 3 rings (SSSR count). The molecule has 1 atom stereocenters. The van der Waals surface area contributed by atoms with E-state index in [0.717, 1.165) is 0 Å². The second kappa shape index (κ2) is 6.08. The fraction of sp³-hybridized carbons (Fsp3) is 0.312. The van der Waals surface area contributed by atoms with Crippen LogP contribution in [-0.4, -0.2) is 17.7 Å². The summed E-state index contributed by atoms with van der Waals surface area (Å²) in [7, 11) is 0. The van der Waals surface area contributed by atoms with Gasteiger partial charge in [0.15, 0.2) is 17.3 Å². The smallest absolute Gasteiger partial charge is 0.226 e. The fourth-order valence-corrected chi connectivity index (χ4v) is 2.62. The van der Waals surface area contributed by atoms with E-state index in [2.05, 4.69) is 10.5 Å². The Kier molecular flexibility index (Phi) is 3.98. The van der Waals surface area contributed by atoms with Crippen LogP contribution < -0.4 is 10.1 Å². The summed E-state index contributed by atoms with van der Waals surface area (Å²) in [6.07, 6.45) is 0.480. The van der Waals surface area contributed by atoms with Crippen molar-refractivity contribution in [2.75, 3.05) is 6.61 Å². The molecule has 2 aromatic rings. The number of halogens is 1. The maximum atomic E-state index is 13.7. The first-order valence-corrected chi connectivity index (χ1v) is 7.16.